The van der Waals surface area contributed by atoms with E-state index in [4.69, 9.17) is 0 Å². The number of rotatable bonds is 32. The summed E-state index contributed by atoms with van der Waals surface area (Å²) in [6.45, 7) is 29.2. The SMILES string of the molecule is C=CCSC[C@H](C(=O)N(C)[C@](C=O)(CC(C)C)NC(C(=O)N(C)[C@H]1CC(C)N([C@H](C)C(=O)N[C@@H](C)C(=O)N(C)[C@H](CC(C)C)C(=O)N(C)[C@@H](CC(C)C)C(=O)N(C)[C@H](C(=O)NC)C(C)C)C1=O)C(C)C)N(C)C(=O)CCC. The summed E-state index contributed by atoms with van der Waals surface area (Å²) in [4.78, 5) is 150. The van der Waals surface area contributed by atoms with Gasteiger partial charge in [-0.2, -0.15) is 11.8 Å². The molecule has 1 rings (SSSR count). The summed E-state index contributed by atoms with van der Waals surface area (Å²) < 4.78 is 0. The molecule has 0 saturated carbocycles. The van der Waals surface area contributed by atoms with Crippen molar-refractivity contribution in [3.63, 3.8) is 0 Å². The van der Waals surface area contributed by atoms with Gasteiger partial charge in [0.2, 0.25) is 53.2 Å². The minimum absolute atomic E-state index is 0.0112. The highest BCUT2D eigenvalue weighted by Crippen LogP contribution is 2.29. The Morgan fingerprint density at radius 1 is 0.714 bits per heavy atom. The van der Waals surface area contributed by atoms with Gasteiger partial charge >= 0.3 is 0 Å². The van der Waals surface area contributed by atoms with Crippen molar-refractivity contribution in [1.82, 2.24) is 50.2 Å². The topological polar surface area (TPSA) is 229 Å². The molecular weight excluding hydrogens is 1000 g/mol. The Balaban J connectivity index is 3.50. The van der Waals surface area contributed by atoms with Crippen LogP contribution in [-0.2, 0) is 47.9 Å². The third-order valence-corrected chi connectivity index (χ3v) is 15.7. The summed E-state index contributed by atoms with van der Waals surface area (Å²) in [6, 6.07) is -8.53. The molecule has 21 heteroatoms. The molecule has 9 amide bonds. The standard InChI is InChI=1S/C56H100N10O10S/c1-23-25-45(68)60(17)44(31-77-26-24-2)53(74)65(22)56(32-67,30-35(7)8)59-46(36(9)10)55(76)63(20)43-29-38(13)66(54(43)75)40(15)48(69)58-39(14)50(71)61(18)41(27-33(3)4)51(72)62(19)42(28-34(5)6)52(73)64(21)47(37(11)12)49(70)57-16/h24,32-44,46-47,59H,2,23,25-31H2,1,3-22H3,(H,57,70)(H,58,69)/t38?,39-,40+,41+,42-,43-,44+,46?,47-,56-/m0/s1. The van der Waals surface area contributed by atoms with Crippen LogP contribution in [-0.4, -0.2) is 215 Å². The molecule has 0 spiro atoms. The molecule has 0 bridgehead atoms. The summed E-state index contributed by atoms with van der Waals surface area (Å²) in [5.74, 6) is -4.24. The van der Waals surface area contributed by atoms with Crippen molar-refractivity contribution < 1.29 is 47.9 Å². The zero-order chi connectivity index (χ0) is 59.7. The second kappa shape index (κ2) is 31.5. The van der Waals surface area contributed by atoms with Crippen LogP contribution in [0.1, 0.15) is 135 Å². The van der Waals surface area contributed by atoms with Gasteiger partial charge in [0.15, 0.2) is 11.9 Å². The van der Waals surface area contributed by atoms with Gasteiger partial charge in [0.05, 0.1) is 6.04 Å². The van der Waals surface area contributed by atoms with E-state index in [1.54, 1.807) is 40.9 Å². The van der Waals surface area contributed by atoms with Crippen LogP contribution in [0.25, 0.3) is 0 Å². The van der Waals surface area contributed by atoms with Crippen LogP contribution in [0.15, 0.2) is 12.7 Å². The first-order chi connectivity index (χ1) is 35.7. The van der Waals surface area contributed by atoms with Crippen LogP contribution < -0.4 is 16.0 Å². The molecule has 10 atom stereocenters. The number of amides is 9. The Bertz CT molecular complexity index is 2050. The first-order valence-corrected chi connectivity index (χ1v) is 28.7. The first-order valence-electron chi connectivity index (χ1n) is 27.5. The van der Waals surface area contributed by atoms with Gasteiger partial charge in [0.25, 0.3) is 0 Å². The maximum absolute atomic E-state index is 14.7. The van der Waals surface area contributed by atoms with Gasteiger partial charge in [-0.25, -0.2) is 0 Å². The average molecular weight is 1110 g/mol. The van der Waals surface area contributed by atoms with Crippen LogP contribution in [0.5, 0.6) is 0 Å². The second-order valence-electron chi connectivity index (χ2n) is 23.1. The van der Waals surface area contributed by atoms with E-state index in [0.717, 1.165) is 0 Å². The van der Waals surface area contributed by atoms with Gasteiger partial charge in [-0.15, -0.1) is 6.58 Å². The van der Waals surface area contributed by atoms with E-state index in [1.165, 1.54) is 95.1 Å². The Labute approximate surface area is 466 Å². The molecule has 3 N–H and O–H groups in total. The summed E-state index contributed by atoms with van der Waals surface area (Å²) in [7, 11) is 10.6. The van der Waals surface area contributed by atoms with E-state index >= 15 is 0 Å². The molecule has 1 aliphatic heterocycles. The van der Waals surface area contributed by atoms with Crippen LogP contribution >= 0.6 is 11.8 Å². The van der Waals surface area contributed by atoms with Gasteiger partial charge in [0.1, 0.15) is 42.3 Å². The highest BCUT2D eigenvalue weighted by Gasteiger charge is 2.49. The Kier molecular flexibility index (Phi) is 28.6. The quantitative estimate of drug-likeness (QED) is 0.0378. The number of hydrogen-bond donors (Lipinski definition) is 3. The number of likely N-dealkylation sites (tertiary alicyclic amines) is 1. The van der Waals surface area contributed by atoms with E-state index < -0.39 is 107 Å². The van der Waals surface area contributed by atoms with E-state index in [0.29, 0.717) is 24.9 Å². The zero-order valence-corrected chi connectivity index (χ0v) is 51.5. The lowest BCUT2D eigenvalue weighted by Gasteiger charge is -2.45. The number of aldehydes is 1. The van der Waals surface area contributed by atoms with E-state index in [1.807, 2.05) is 62.3 Å². The van der Waals surface area contributed by atoms with Crippen LogP contribution in [0.2, 0.25) is 0 Å². The fourth-order valence-electron chi connectivity index (χ4n) is 10.2. The van der Waals surface area contributed by atoms with Crippen molar-refractivity contribution >= 4 is 71.2 Å². The molecule has 1 fully saturated rings. The zero-order valence-electron chi connectivity index (χ0n) is 50.7. The fraction of sp³-hybridized carbons (Fsp3) is 0.786. The summed E-state index contributed by atoms with van der Waals surface area (Å²) in [5, 5.41) is 8.66. The summed E-state index contributed by atoms with van der Waals surface area (Å²) >= 11 is 1.43. The number of likely N-dealkylation sites (N-methyl/N-ethyl adjacent to an activating group) is 7. The number of carbonyl (C=O) groups excluding carboxylic acids is 10. The number of thioether (sulfide) groups is 1. The molecule has 0 aromatic heterocycles. The lowest BCUT2D eigenvalue weighted by Crippen LogP contribution is -2.69. The molecule has 440 valence electrons. The highest BCUT2D eigenvalue weighted by molar-refractivity contribution is 7.99. The minimum Gasteiger partial charge on any atom is -0.357 e. The van der Waals surface area contributed by atoms with Crippen LogP contribution in [0.3, 0.4) is 0 Å². The normalized spacial score (nSPS) is 18.2. The Morgan fingerprint density at radius 2 is 1.23 bits per heavy atom. The molecular formula is C56H100N10O10S. The molecule has 0 aromatic rings. The third kappa shape index (κ3) is 18.2. The predicted molar refractivity (Wildman–Crippen MR) is 304 cm³/mol. The fourth-order valence-corrected chi connectivity index (χ4v) is 11.1. The van der Waals surface area contributed by atoms with Crippen molar-refractivity contribution in [1.29, 1.82) is 0 Å². The maximum Gasteiger partial charge on any atom is 0.247 e. The molecule has 20 nitrogen and oxygen atoms in total. The number of carbonyl (C=O) groups is 10. The van der Waals surface area contributed by atoms with Crippen molar-refractivity contribution in [3.05, 3.63) is 12.7 Å². The predicted octanol–water partition coefficient (Wildman–Crippen LogP) is 3.86. The van der Waals surface area contributed by atoms with E-state index in [2.05, 4.69) is 22.5 Å². The molecule has 1 saturated heterocycles. The van der Waals surface area contributed by atoms with Crippen LogP contribution in [0.4, 0.5) is 0 Å². The van der Waals surface area contributed by atoms with E-state index in [9.17, 15) is 47.9 Å². The molecule has 2 unspecified atom stereocenters. The maximum atomic E-state index is 14.7. The molecule has 0 radical (unpaired) electrons. The van der Waals surface area contributed by atoms with Gasteiger partial charge in [-0.05, 0) is 82.5 Å². The smallest absolute Gasteiger partial charge is 0.247 e. The molecule has 1 aliphatic rings. The van der Waals surface area contributed by atoms with E-state index in [-0.39, 0.29) is 66.9 Å². The second-order valence-corrected chi connectivity index (χ2v) is 24.2. The van der Waals surface area contributed by atoms with Crippen molar-refractivity contribution in [2.24, 2.45) is 29.6 Å². The lowest BCUT2D eigenvalue weighted by molar-refractivity contribution is -0.153. The average Bonchev–Trinajstić information content (AvgIpc) is 3.66. The van der Waals surface area contributed by atoms with Gasteiger partial charge in [-0.3, -0.25) is 53.3 Å². The molecule has 0 aromatic carbocycles. The van der Waals surface area contributed by atoms with Crippen LogP contribution in [0, 0.1) is 29.6 Å². The molecule has 1 heterocycles. The number of nitrogens with zero attached hydrogens (tertiary/aromatic N) is 7. The number of nitrogens with one attached hydrogen (secondary N) is 3. The monoisotopic (exact) mass is 1100 g/mol. The van der Waals surface area contributed by atoms with Gasteiger partial charge in [-0.1, -0.05) is 82.2 Å². The van der Waals surface area contributed by atoms with Crippen molar-refractivity contribution in [3.8, 4) is 0 Å². The van der Waals surface area contributed by atoms with Gasteiger partial charge in [0, 0.05) is 73.3 Å². The minimum atomic E-state index is -1.70. The summed E-state index contributed by atoms with van der Waals surface area (Å²) in [5.41, 5.74) is -1.70. The third-order valence-electron chi connectivity index (χ3n) is 14.7. The lowest BCUT2D eigenvalue weighted by atomic mass is 9.92. The molecule has 0 aliphatic carbocycles. The number of hydrogen-bond acceptors (Lipinski definition) is 12. The van der Waals surface area contributed by atoms with Gasteiger partial charge < -0.3 is 44.9 Å². The van der Waals surface area contributed by atoms with Crippen molar-refractivity contribution in [2.45, 2.75) is 195 Å². The Hall–Kier alpha value is -5.05. The Morgan fingerprint density at radius 3 is 1.68 bits per heavy atom. The largest absolute Gasteiger partial charge is 0.357 e. The highest BCUT2D eigenvalue weighted by atomic mass is 32.2. The molecule has 77 heavy (non-hydrogen) atoms. The first kappa shape index (κ1) is 70.0. The van der Waals surface area contributed by atoms with Crippen molar-refractivity contribution in [2.75, 3.05) is 60.8 Å². The summed E-state index contributed by atoms with van der Waals surface area (Å²) in [6.07, 6.45) is 3.99.